The molecule has 0 atom stereocenters. The van der Waals surface area contributed by atoms with Crippen LogP contribution >= 0.6 is 11.3 Å². The molecule has 0 aliphatic carbocycles. The molecule has 112 valence electrons. The molecule has 21 heavy (non-hydrogen) atoms. The van der Waals surface area contributed by atoms with Gasteiger partial charge < -0.3 is 26.6 Å². The summed E-state index contributed by atoms with van der Waals surface area (Å²) in [6, 6.07) is 0. The van der Waals surface area contributed by atoms with Gasteiger partial charge in [-0.2, -0.15) is 4.98 Å². The van der Waals surface area contributed by atoms with Crippen LogP contribution in [0.25, 0.3) is 0 Å². The summed E-state index contributed by atoms with van der Waals surface area (Å²) < 4.78 is 4.84. The summed E-state index contributed by atoms with van der Waals surface area (Å²) in [6.07, 6.45) is 0. The lowest BCUT2D eigenvalue weighted by Crippen LogP contribution is -2.19. The molecule has 0 spiro atoms. The van der Waals surface area contributed by atoms with Crippen molar-refractivity contribution in [1.82, 2.24) is 15.5 Å². The van der Waals surface area contributed by atoms with Crippen LogP contribution in [0.15, 0.2) is 4.52 Å². The number of nitrogens with zero attached hydrogens (tertiary/aromatic N) is 2. The summed E-state index contributed by atoms with van der Waals surface area (Å²) in [4.78, 5) is 27.4. The van der Waals surface area contributed by atoms with Gasteiger partial charge in [0, 0.05) is 14.0 Å². The number of thiophene rings is 1. The highest BCUT2D eigenvalue weighted by Gasteiger charge is 2.23. The molecular formula is C11H14N6O3S. The van der Waals surface area contributed by atoms with Crippen LogP contribution in [0.1, 0.15) is 31.7 Å². The van der Waals surface area contributed by atoms with Gasteiger partial charge in [0.15, 0.2) is 5.82 Å². The van der Waals surface area contributed by atoms with E-state index in [-0.39, 0.29) is 28.6 Å². The molecule has 0 aromatic carbocycles. The molecule has 0 aliphatic heterocycles. The number of amides is 2. The van der Waals surface area contributed by atoms with Crippen molar-refractivity contribution in [3.8, 4) is 0 Å². The Hall–Kier alpha value is -2.62. The minimum Gasteiger partial charge on any atom is -0.397 e. The lowest BCUT2D eigenvalue weighted by Gasteiger charge is -2.02. The third-order valence-electron chi connectivity index (χ3n) is 2.60. The topological polar surface area (TPSA) is 149 Å². The van der Waals surface area contributed by atoms with Crippen LogP contribution in [0, 0.1) is 6.92 Å². The number of aromatic nitrogens is 2. The molecule has 2 aromatic rings. The largest absolute Gasteiger partial charge is 0.397 e. The number of hydrogen-bond acceptors (Lipinski definition) is 8. The zero-order valence-corrected chi connectivity index (χ0v) is 12.2. The van der Waals surface area contributed by atoms with E-state index in [2.05, 4.69) is 20.8 Å². The third kappa shape index (κ3) is 2.94. The molecule has 2 heterocycles. The Labute approximate surface area is 123 Å². The van der Waals surface area contributed by atoms with Gasteiger partial charge in [0.05, 0.1) is 17.8 Å². The number of nitrogens with one attached hydrogen (secondary N) is 2. The number of anilines is 2. The van der Waals surface area contributed by atoms with Crippen molar-refractivity contribution < 1.29 is 14.1 Å². The van der Waals surface area contributed by atoms with E-state index in [0.717, 1.165) is 11.3 Å². The molecule has 6 N–H and O–H groups in total. The van der Waals surface area contributed by atoms with Gasteiger partial charge in [-0.25, -0.2) is 0 Å². The second-order valence-electron chi connectivity index (χ2n) is 4.08. The first-order valence-corrected chi connectivity index (χ1v) is 6.72. The molecule has 9 nitrogen and oxygen atoms in total. The second kappa shape index (κ2) is 5.79. The number of carbonyl (C=O) groups excluding carboxylic acids is 2. The molecule has 0 unspecified atom stereocenters. The van der Waals surface area contributed by atoms with E-state index >= 15 is 0 Å². The average Bonchev–Trinajstić information content (AvgIpc) is 2.99. The SMILES string of the molecule is CNC(=O)c1sc(NCc2noc(C)n2)c(C(N)=O)c1N. The van der Waals surface area contributed by atoms with Gasteiger partial charge in [-0.3, -0.25) is 9.59 Å². The fourth-order valence-electron chi connectivity index (χ4n) is 1.67. The number of nitrogen functional groups attached to an aromatic ring is 1. The Morgan fingerprint density at radius 1 is 1.43 bits per heavy atom. The van der Waals surface area contributed by atoms with Crippen LogP contribution < -0.4 is 22.1 Å². The van der Waals surface area contributed by atoms with Crippen molar-refractivity contribution in [3.05, 3.63) is 22.2 Å². The first-order chi connectivity index (χ1) is 9.93. The number of carbonyl (C=O) groups is 2. The Balaban J connectivity index is 2.29. The van der Waals surface area contributed by atoms with Gasteiger partial charge in [0.25, 0.3) is 11.8 Å². The van der Waals surface area contributed by atoms with Crippen molar-refractivity contribution in [1.29, 1.82) is 0 Å². The highest BCUT2D eigenvalue weighted by atomic mass is 32.1. The van der Waals surface area contributed by atoms with Crippen LogP contribution in [0.2, 0.25) is 0 Å². The smallest absolute Gasteiger partial charge is 0.263 e. The predicted molar refractivity (Wildman–Crippen MR) is 77.0 cm³/mol. The standard InChI is InChI=1S/C11H14N6O3S/c1-4-16-5(17-20-4)3-15-11-6(9(13)18)7(12)8(21-11)10(19)14-2/h15H,3,12H2,1-2H3,(H2,13,18)(H,14,19). The molecule has 0 bridgehead atoms. The van der Waals surface area contributed by atoms with E-state index in [1.165, 1.54) is 7.05 Å². The number of nitrogens with two attached hydrogens (primary N) is 2. The van der Waals surface area contributed by atoms with E-state index in [0.29, 0.717) is 16.7 Å². The van der Waals surface area contributed by atoms with Crippen LogP contribution in [0.5, 0.6) is 0 Å². The highest BCUT2D eigenvalue weighted by molar-refractivity contribution is 7.19. The van der Waals surface area contributed by atoms with Crippen molar-refractivity contribution in [2.45, 2.75) is 13.5 Å². The molecule has 2 aromatic heterocycles. The molecule has 0 saturated heterocycles. The lowest BCUT2D eigenvalue weighted by atomic mass is 10.2. The van der Waals surface area contributed by atoms with Gasteiger partial charge in [-0.1, -0.05) is 5.16 Å². The Morgan fingerprint density at radius 2 is 2.14 bits per heavy atom. The lowest BCUT2D eigenvalue weighted by molar-refractivity contribution is 0.0967. The Bertz CT molecular complexity index is 692. The maximum Gasteiger partial charge on any atom is 0.263 e. The summed E-state index contributed by atoms with van der Waals surface area (Å²) >= 11 is 1.04. The predicted octanol–water partition coefficient (Wildman–Crippen LogP) is 0.0923. The zero-order chi connectivity index (χ0) is 15.6. The average molecular weight is 310 g/mol. The van der Waals surface area contributed by atoms with Crippen LogP contribution in [-0.2, 0) is 6.54 Å². The van der Waals surface area contributed by atoms with E-state index < -0.39 is 5.91 Å². The first-order valence-electron chi connectivity index (χ1n) is 5.91. The summed E-state index contributed by atoms with van der Waals surface area (Å²) in [7, 11) is 1.47. The molecule has 2 rings (SSSR count). The molecule has 2 amide bonds. The summed E-state index contributed by atoms with van der Waals surface area (Å²) in [5.74, 6) is -0.260. The quantitative estimate of drug-likeness (QED) is 0.611. The number of rotatable bonds is 5. The fourth-order valence-corrected chi connectivity index (χ4v) is 2.74. The van der Waals surface area contributed by atoms with Crippen molar-refractivity contribution in [2.75, 3.05) is 18.1 Å². The molecule has 0 saturated carbocycles. The molecular weight excluding hydrogens is 296 g/mol. The van der Waals surface area contributed by atoms with Gasteiger partial charge in [-0.05, 0) is 0 Å². The summed E-state index contributed by atoms with van der Waals surface area (Å²) in [6.45, 7) is 1.88. The van der Waals surface area contributed by atoms with Gasteiger partial charge in [-0.15, -0.1) is 11.3 Å². The van der Waals surface area contributed by atoms with Gasteiger partial charge >= 0.3 is 0 Å². The van der Waals surface area contributed by atoms with Crippen molar-refractivity contribution >= 4 is 33.8 Å². The van der Waals surface area contributed by atoms with E-state index in [4.69, 9.17) is 16.0 Å². The number of hydrogen-bond donors (Lipinski definition) is 4. The zero-order valence-electron chi connectivity index (χ0n) is 11.4. The van der Waals surface area contributed by atoms with Crippen LogP contribution in [0.3, 0.4) is 0 Å². The van der Waals surface area contributed by atoms with Crippen molar-refractivity contribution in [3.63, 3.8) is 0 Å². The van der Waals surface area contributed by atoms with E-state index in [1.54, 1.807) is 6.92 Å². The van der Waals surface area contributed by atoms with E-state index in [9.17, 15) is 9.59 Å². The molecule has 0 radical (unpaired) electrons. The van der Waals surface area contributed by atoms with Crippen LogP contribution in [-0.4, -0.2) is 29.0 Å². The Kier molecular flexibility index (Phi) is 4.08. The van der Waals surface area contributed by atoms with E-state index in [1.807, 2.05) is 0 Å². The third-order valence-corrected chi connectivity index (χ3v) is 3.76. The maximum atomic E-state index is 11.7. The first kappa shape index (κ1) is 14.8. The number of aryl methyl sites for hydroxylation is 1. The second-order valence-corrected chi connectivity index (χ2v) is 5.10. The molecule has 10 heteroatoms. The summed E-state index contributed by atoms with van der Waals surface area (Å²) in [5.41, 5.74) is 11.3. The van der Waals surface area contributed by atoms with Crippen molar-refractivity contribution in [2.24, 2.45) is 5.73 Å². The normalized spacial score (nSPS) is 10.4. The van der Waals surface area contributed by atoms with Gasteiger partial charge in [0.1, 0.15) is 9.88 Å². The maximum absolute atomic E-state index is 11.7. The minimum atomic E-state index is -0.717. The number of primary amides is 1. The van der Waals surface area contributed by atoms with Gasteiger partial charge in [0.2, 0.25) is 5.89 Å². The Morgan fingerprint density at radius 3 is 2.67 bits per heavy atom. The molecule has 0 fully saturated rings. The molecule has 0 aliphatic rings. The fraction of sp³-hybridized carbons (Fsp3) is 0.273. The highest BCUT2D eigenvalue weighted by Crippen LogP contribution is 2.35. The van der Waals surface area contributed by atoms with Crippen LogP contribution in [0.4, 0.5) is 10.7 Å². The minimum absolute atomic E-state index is 0.0543. The monoisotopic (exact) mass is 310 g/mol. The summed E-state index contributed by atoms with van der Waals surface area (Å²) in [5, 5.41) is 9.49.